The molecule has 0 fully saturated rings. The molecule has 0 amide bonds. The van der Waals surface area contributed by atoms with Crippen LogP contribution in [0.4, 0.5) is 0 Å². The van der Waals surface area contributed by atoms with E-state index in [4.69, 9.17) is 0 Å². The van der Waals surface area contributed by atoms with Crippen LogP contribution in [0.1, 0.15) is 59.8 Å². The zero-order chi connectivity index (χ0) is 11.0. The Morgan fingerprint density at radius 3 is 2.00 bits per heavy atom. The molecule has 0 nitrogen and oxygen atoms in total. The van der Waals surface area contributed by atoms with E-state index in [1.165, 1.54) is 32.1 Å². The number of allylic oxidation sites excluding steroid dienone is 1. The Hall–Kier alpha value is -0.260. The quantitative estimate of drug-likeness (QED) is 0.476. The second kappa shape index (κ2) is 8.08. The first kappa shape index (κ1) is 13.7. The monoisotopic (exact) mass is 196 g/mol. The van der Waals surface area contributed by atoms with Crippen molar-refractivity contribution in [3.63, 3.8) is 0 Å². The zero-order valence-electron chi connectivity index (χ0n) is 10.6. The van der Waals surface area contributed by atoms with Gasteiger partial charge in [0.1, 0.15) is 0 Å². The van der Waals surface area contributed by atoms with E-state index in [1.54, 1.807) is 0 Å². The molecule has 0 heterocycles. The fourth-order valence-electron chi connectivity index (χ4n) is 2.69. The second-order valence-electron chi connectivity index (χ2n) is 4.49. The maximum Gasteiger partial charge on any atom is -0.0351 e. The van der Waals surface area contributed by atoms with E-state index in [2.05, 4.69) is 40.3 Å². The van der Waals surface area contributed by atoms with Gasteiger partial charge in [0, 0.05) is 0 Å². The van der Waals surface area contributed by atoms with Gasteiger partial charge in [-0.05, 0) is 30.6 Å². The summed E-state index contributed by atoms with van der Waals surface area (Å²) in [6.45, 7) is 13.2. The van der Waals surface area contributed by atoms with Crippen molar-refractivity contribution in [1.82, 2.24) is 0 Å². The summed E-state index contributed by atoms with van der Waals surface area (Å²) < 4.78 is 0. The summed E-state index contributed by atoms with van der Waals surface area (Å²) in [7, 11) is 0. The van der Waals surface area contributed by atoms with Crippen LogP contribution in [0.15, 0.2) is 12.7 Å². The number of rotatable bonds is 8. The molecule has 0 radical (unpaired) electrons. The van der Waals surface area contributed by atoms with Crippen LogP contribution in [0.5, 0.6) is 0 Å². The highest BCUT2D eigenvalue weighted by Crippen LogP contribution is 2.31. The molecule has 0 aromatic rings. The van der Waals surface area contributed by atoms with Crippen molar-refractivity contribution in [2.75, 3.05) is 0 Å². The number of hydrogen-bond donors (Lipinski definition) is 0. The normalized spacial score (nSPS) is 15.5. The smallest absolute Gasteiger partial charge is 0.0351 e. The predicted molar refractivity (Wildman–Crippen MR) is 66.4 cm³/mol. The summed E-state index contributed by atoms with van der Waals surface area (Å²) in [6, 6.07) is 0. The van der Waals surface area contributed by atoms with Gasteiger partial charge in [0.05, 0.1) is 0 Å². The lowest BCUT2D eigenvalue weighted by Crippen LogP contribution is -2.20. The van der Waals surface area contributed by atoms with Crippen LogP contribution in [0, 0.1) is 17.8 Å². The maximum absolute atomic E-state index is 3.80. The predicted octanol–water partition coefficient (Wildman–Crippen LogP) is 5.05. The second-order valence-corrected chi connectivity index (χ2v) is 4.49. The van der Waals surface area contributed by atoms with Gasteiger partial charge >= 0.3 is 0 Å². The van der Waals surface area contributed by atoms with Crippen LogP contribution < -0.4 is 0 Å². The summed E-state index contributed by atoms with van der Waals surface area (Å²) in [5.74, 6) is 2.72. The Bertz CT molecular complexity index is 133. The van der Waals surface area contributed by atoms with E-state index in [9.17, 15) is 0 Å². The zero-order valence-corrected chi connectivity index (χ0v) is 10.6. The highest BCUT2D eigenvalue weighted by Gasteiger charge is 2.21. The van der Waals surface area contributed by atoms with Crippen LogP contribution in [-0.2, 0) is 0 Å². The van der Waals surface area contributed by atoms with Gasteiger partial charge in [-0.3, -0.25) is 0 Å². The van der Waals surface area contributed by atoms with Crippen LogP contribution in [0.25, 0.3) is 0 Å². The van der Waals surface area contributed by atoms with E-state index in [1.807, 2.05) is 0 Å². The summed E-state index contributed by atoms with van der Waals surface area (Å²) in [5.41, 5.74) is 0. The van der Waals surface area contributed by atoms with E-state index in [-0.39, 0.29) is 0 Å². The molecule has 0 saturated carbocycles. The lowest BCUT2D eigenvalue weighted by atomic mass is 9.76. The summed E-state index contributed by atoms with van der Waals surface area (Å²) in [4.78, 5) is 0. The van der Waals surface area contributed by atoms with Gasteiger partial charge in [-0.1, -0.05) is 53.0 Å². The molecule has 0 aliphatic rings. The van der Waals surface area contributed by atoms with E-state index < -0.39 is 0 Å². The Balaban J connectivity index is 4.14. The van der Waals surface area contributed by atoms with Gasteiger partial charge in [-0.25, -0.2) is 0 Å². The Labute approximate surface area is 90.8 Å². The lowest BCUT2D eigenvalue weighted by molar-refractivity contribution is 0.210. The Kier molecular flexibility index (Phi) is 7.93. The van der Waals surface area contributed by atoms with Crippen molar-refractivity contribution < 1.29 is 0 Å². The molecule has 0 aromatic heterocycles. The minimum atomic E-state index is 0.864. The first-order chi connectivity index (χ1) is 6.71. The van der Waals surface area contributed by atoms with E-state index in [0.717, 1.165) is 17.8 Å². The van der Waals surface area contributed by atoms with Crippen molar-refractivity contribution in [2.45, 2.75) is 59.8 Å². The van der Waals surface area contributed by atoms with Crippen LogP contribution in [0.2, 0.25) is 0 Å². The summed E-state index contributed by atoms with van der Waals surface area (Å²) in [6.07, 6.45) is 8.57. The minimum Gasteiger partial charge on any atom is -0.103 e. The average Bonchev–Trinajstić information content (AvgIpc) is 2.22. The van der Waals surface area contributed by atoms with Gasteiger partial charge in [-0.2, -0.15) is 0 Å². The molecule has 0 aliphatic heterocycles. The standard InChI is InChI=1S/C14H28/c1-6-10-11-12(5)14(9-4)13(7-2)8-3/h6,12-14H,1,7-11H2,2-5H3. The molecule has 0 aromatic carbocycles. The van der Waals surface area contributed by atoms with Crippen LogP contribution in [-0.4, -0.2) is 0 Å². The number of hydrogen-bond acceptors (Lipinski definition) is 0. The third kappa shape index (κ3) is 4.30. The molecule has 84 valence electrons. The summed E-state index contributed by atoms with van der Waals surface area (Å²) in [5, 5.41) is 0. The van der Waals surface area contributed by atoms with Gasteiger partial charge in [-0.15, -0.1) is 6.58 Å². The van der Waals surface area contributed by atoms with Crippen molar-refractivity contribution in [3.8, 4) is 0 Å². The summed E-state index contributed by atoms with van der Waals surface area (Å²) >= 11 is 0. The molecule has 2 unspecified atom stereocenters. The van der Waals surface area contributed by atoms with E-state index in [0.29, 0.717) is 0 Å². The van der Waals surface area contributed by atoms with Crippen molar-refractivity contribution in [3.05, 3.63) is 12.7 Å². The lowest BCUT2D eigenvalue weighted by Gasteiger charge is -2.29. The molecule has 0 heteroatoms. The molecule has 0 saturated heterocycles. The highest BCUT2D eigenvalue weighted by molar-refractivity contribution is 4.75. The largest absolute Gasteiger partial charge is 0.103 e. The fourth-order valence-corrected chi connectivity index (χ4v) is 2.69. The SMILES string of the molecule is C=CCCC(C)C(CC)C(CC)CC. The van der Waals surface area contributed by atoms with Crippen LogP contribution >= 0.6 is 0 Å². The molecular formula is C14H28. The molecular weight excluding hydrogens is 168 g/mol. The molecule has 2 atom stereocenters. The molecule has 0 spiro atoms. The molecule has 0 bridgehead atoms. The van der Waals surface area contributed by atoms with Gasteiger partial charge < -0.3 is 0 Å². The first-order valence-electron chi connectivity index (χ1n) is 6.31. The Morgan fingerprint density at radius 2 is 1.64 bits per heavy atom. The first-order valence-corrected chi connectivity index (χ1v) is 6.31. The topological polar surface area (TPSA) is 0 Å². The molecule has 0 aliphatic carbocycles. The molecule has 0 N–H and O–H groups in total. The van der Waals surface area contributed by atoms with Gasteiger partial charge in [0.15, 0.2) is 0 Å². The van der Waals surface area contributed by atoms with E-state index >= 15 is 0 Å². The van der Waals surface area contributed by atoms with Gasteiger partial charge in [0.2, 0.25) is 0 Å². The van der Waals surface area contributed by atoms with Crippen molar-refractivity contribution in [1.29, 1.82) is 0 Å². The molecule has 14 heavy (non-hydrogen) atoms. The fraction of sp³-hybridized carbons (Fsp3) is 0.857. The average molecular weight is 196 g/mol. The van der Waals surface area contributed by atoms with Crippen molar-refractivity contribution in [2.24, 2.45) is 17.8 Å². The van der Waals surface area contributed by atoms with Crippen molar-refractivity contribution >= 4 is 0 Å². The van der Waals surface area contributed by atoms with Crippen LogP contribution in [0.3, 0.4) is 0 Å². The minimum absolute atomic E-state index is 0.864. The maximum atomic E-state index is 3.80. The third-order valence-corrected chi connectivity index (χ3v) is 3.68. The molecule has 0 rings (SSSR count). The van der Waals surface area contributed by atoms with Gasteiger partial charge in [0.25, 0.3) is 0 Å². The Morgan fingerprint density at radius 1 is 1.07 bits per heavy atom. The third-order valence-electron chi connectivity index (χ3n) is 3.68. The highest BCUT2D eigenvalue weighted by atomic mass is 14.3.